The molecular formula is C22H27NO. The van der Waals surface area contributed by atoms with Crippen molar-refractivity contribution >= 4 is 11.6 Å². The molecule has 126 valence electrons. The smallest absolute Gasteiger partial charge is 0.230 e. The predicted molar refractivity (Wildman–Crippen MR) is 100 cm³/mol. The number of hydrogen-bond donors (Lipinski definition) is 0. The zero-order chi connectivity index (χ0) is 17.5. The number of amides is 1. The van der Waals surface area contributed by atoms with Crippen LogP contribution in [0.2, 0.25) is 0 Å². The Morgan fingerprint density at radius 1 is 0.958 bits per heavy atom. The number of anilines is 1. The van der Waals surface area contributed by atoms with E-state index in [1.165, 1.54) is 11.1 Å². The van der Waals surface area contributed by atoms with E-state index < -0.39 is 0 Å². The first-order valence-electron chi connectivity index (χ1n) is 8.76. The highest BCUT2D eigenvalue weighted by atomic mass is 16.2. The molecule has 2 aromatic rings. The van der Waals surface area contributed by atoms with Crippen LogP contribution in [0.15, 0.2) is 54.6 Å². The second-order valence-electron chi connectivity index (χ2n) is 8.03. The number of nitrogens with zero attached hydrogens (tertiary/aromatic N) is 1. The third-order valence-electron chi connectivity index (χ3n) is 5.26. The monoisotopic (exact) mass is 321 g/mol. The Kier molecular flexibility index (Phi) is 4.03. The molecule has 1 atom stereocenters. The van der Waals surface area contributed by atoms with Crippen molar-refractivity contribution < 1.29 is 4.79 Å². The van der Waals surface area contributed by atoms with Crippen molar-refractivity contribution in [2.75, 3.05) is 4.90 Å². The molecule has 0 saturated heterocycles. The lowest BCUT2D eigenvalue weighted by atomic mass is 9.65. The molecule has 0 spiro atoms. The number of carbonyl (C=O) groups excluding carboxylic acids is 1. The standard InChI is InChI=1S/C22H27NO/c1-16(2)20(24)23-19-14-10-9-13-18(19)22(5,15-21(23,3)4)17-11-7-6-8-12-17/h6-14,16H,15H2,1-5H3/t22-/m0/s1. The molecule has 0 bridgehead atoms. The molecule has 3 rings (SSSR count). The Labute approximate surface area is 145 Å². The van der Waals surface area contributed by atoms with Gasteiger partial charge in [0.2, 0.25) is 5.91 Å². The lowest BCUT2D eigenvalue weighted by Crippen LogP contribution is -2.56. The molecular weight excluding hydrogens is 294 g/mol. The van der Waals surface area contributed by atoms with Crippen LogP contribution in [0.3, 0.4) is 0 Å². The highest BCUT2D eigenvalue weighted by Gasteiger charge is 2.47. The quantitative estimate of drug-likeness (QED) is 0.748. The summed E-state index contributed by atoms with van der Waals surface area (Å²) >= 11 is 0. The van der Waals surface area contributed by atoms with E-state index in [1.807, 2.05) is 24.8 Å². The van der Waals surface area contributed by atoms with E-state index in [2.05, 4.69) is 69.3 Å². The molecule has 1 aliphatic heterocycles. The number of para-hydroxylation sites is 1. The summed E-state index contributed by atoms with van der Waals surface area (Å²) in [5, 5.41) is 0. The maximum atomic E-state index is 12.9. The molecule has 0 unspecified atom stereocenters. The van der Waals surface area contributed by atoms with E-state index in [0.717, 1.165) is 12.1 Å². The molecule has 1 amide bonds. The largest absolute Gasteiger partial charge is 0.306 e. The third-order valence-corrected chi connectivity index (χ3v) is 5.26. The van der Waals surface area contributed by atoms with Crippen molar-refractivity contribution in [2.45, 2.75) is 52.0 Å². The molecule has 2 nitrogen and oxygen atoms in total. The van der Waals surface area contributed by atoms with Gasteiger partial charge in [0, 0.05) is 22.6 Å². The molecule has 0 aromatic heterocycles. The second kappa shape index (κ2) is 5.77. The van der Waals surface area contributed by atoms with Crippen LogP contribution in [-0.2, 0) is 10.2 Å². The summed E-state index contributed by atoms with van der Waals surface area (Å²) in [6.07, 6.45) is 0.902. The van der Waals surface area contributed by atoms with Gasteiger partial charge in [0.25, 0.3) is 0 Å². The Bertz CT molecular complexity index is 748. The Morgan fingerprint density at radius 3 is 2.17 bits per heavy atom. The zero-order valence-electron chi connectivity index (χ0n) is 15.3. The number of rotatable bonds is 2. The van der Waals surface area contributed by atoms with Crippen LogP contribution in [0.5, 0.6) is 0 Å². The van der Waals surface area contributed by atoms with E-state index in [9.17, 15) is 4.79 Å². The summed E-state index contributed by atoms with van der Waals surface area (Å²) in [5.74, 6) is 0.181. The number of hydrogen-bond acceptors (Lipinski definition) is 1. The average molecular weight is 321 g/mol. The average Bonchev–Trinajstić information content (AvgIpc) is 2.54. The molecule has 2 heteroatoms. The lowest BCUT2D eigenvalue weighted by molar-refractivity contribution is -0.122. The predicted octanol–water partition coefficient (Wildman–Crippen LogP) is 5.16. The van der Waals surface area contributed by atoms with Gasteiger partial charge in [-0.1, -0.05) is 69.3 Å². The van der Waals surface area contributed by atoms with Crippen LogP contribution < -0.4 is 4.90 Å². The molecule has 2 aromatic carbocycles. The van der Waals surface area contributed by atoms with E-state index in [-0.39, 0.29) is 22.8 Å². The summed E-state index contributed by atoms with van der Waals surface area (Å²) in [6.45, 7) is 10.6. The first-order valence-corrected chi connectivity index (χ1v) is 8.76. The minimum Gasteiger partial charge on any atom is -0.306 e. The van der Waals surface area contributed by atoms with E-state index >= 15 is 0 Å². The van der Waals surface area contributed by atoms with Crippen LogP contribution >= 0.6 is 0 Å². The van der Waals surface area contributed by atoms with Gasteiger partial charge in [0.1, 0.15) is 0 Å². The van der Waals surface area contributed by atoms with Gasteiger partial charge in [-0.25, -0.2) is 0 Å². The van der Waals surface area contributed by atoms with Gasteiger partial charge < -0.3 is 4.90 Å². The Morgan fingerprint density at radius 2 is 1.54 bits per heavy atom. The summed E-state index contributed by atoms with van der Waals surface area (Å²) < 4.78 is 0. The second-order valence-corrected chi connectivity index (χ2v) is 8.03. The van der Waals surface area contributed by atoms with Crippen LogP contribution in [0.1, 0.15) is 52.2 Å². The first-order chi connectivity index (χ1) is 11.3. The van der Waals surface area contributed by atoms with Gasteiger partial charge in [0.15, 0.2) is 0 Å². The van der Waals surface area contributed by atoms with Crippen molar-refractivity contribution in [2.24, 2.45) is 5.92 Å². The molecule has 0 aliphatic carbocycles. The Balaban J connectivity index is 2.23. The van der Waals surface area contributed by atoms with Crippen LogP contribution in [0.4, 0.5) is 5.69 Å². The topological polar surface area (TPSA) is 20.3 Å². The molecule has 0 fully saturated rings. The maximum absolute atomic E-state index is 12.9. The van der Waals surface area contributed by atoms with Gasteiger partial charge >= 0.3 is 0 Å². The minimum absolute atomic E-state index is 0.0154. The third kappa shape index (κ3) is 2.54. The minimum atomic E-state index is -0.236. The van der Waals surface area contributed by atoms with Crippen molar-refractivity contribution in [3.05, 3.63) is 65.7 Å². The van der Waals surface area contributed by atoms with Gasteiger partial charge in [-0.2, -0.15) is 0 Å². The molecule has 24 heavy (non-hydrogen) atoms. The fourth-order valence-corrected chi connectivity index (χ4v) is 4.24. The normalized spacial score (nSPS) is 22.3. The zero-order valence-corrected chi connectivity index (χ0v) is 15.3. The van der Waals surface area contributed by atoms with E-state index in [0.29, 0.717) is 0 Å². The van der Waals surface area contributed by atoms with Crippen LogP contribution in [0, 0.1) is 5.92 Å². The fraction of sp³-hybridized carbons (Fsp3) is 0.409. The van der Waals surface area contributed by atoms with Crippen molar-refractivity contribution in [1.82, 2.24) is 0 Å². The lowest BCUT2D eigenvalue weighted by Gasteiger charge is -2.52. The van der Waals surface area contributed by atoms with Crippen molar-refractivity contribution in [3.8, 4) is 0 Å². The van der Waals surface area contributed by atoms with Gasteiger partial charge in [-0.3, -0.25) is 4.79 Å². The Hall–Kier alpha value is -2.09. The fourth-order valence-electron chi connectivity index (χ4n) is 4.24. The highest BCUT2D eigenvalue weighted by molar-refractivity contribution is 5.97. The highest BCUT2D eigenvalue weighted by Crippen LogP contribution is 2.50. The first kappa shape index (κ1) is 16.8. The maximum Gasteiger partial charge on any atom is 0.230 e. The number of carbonyl (C=O) groups is 1. The number of benzene rings is 2. The van der Waals surface area contributed by atoms with Crippen molar-refractivity contribution in [1.29, 1.82) is 0 Å². The van der Waals surface area contributed by atoms with Gasteiger partial charge in [-0.15, -0.1) is 0 Å². The molecule has 1 aliphatic rings. The summed E-state index contributed by atoms with van der Waals surface area (Å²) in [4.78, 5) is 15.0. The molecule has 0 radical (unpaired) electrons. The van der Waals surface area contributed by atoms with Gasteiger partial charge in [-0.05, 0) is 37.5 Å². The van der Waals surface area contributed by atoms with E-state index in [1.54, 1.807) is 0 Å². The number of fused-ring (bicyclic) bond motifs is 1. The SMILES string of the molecule is CC(C)C(=O)N1c2ccccc2[C@](C)(c2ccccc2)CC1(C)C. The van der Waals surface area contributed by atoms with Crippen molar-refractivity contribution in [3.63, 3.8) is 0 Å². The van der Waals surface area contributed by atoms with Crippen LogP contribution in [-0.4, -0.2) is 11.4 Å². The molecule has 0 N–H and O–H groups in total. The summed E-state index contributed by atoms with van der Waals surface area (Å²) in [7, 11) is 0. The van der Waals surface area contributed by atoms with Gasteiger partial charge in [0.05, 0.1) is 0 Å². The van der Waals surface area contributed by atoms with Crippen LogP contribution in [0.25, 0.3) is 0 Å². The summed E-state index contributed by atoms with van der Waals surface area (Å²) in [5.41, 5.74) is 3.26. The molecule has 1 heterocycles. The molecule has 0 saturated carbocycles. The van der Waals surface area contributed by atoms with E-state index in [4.69, 9.17) is 0 Å². The summed E-state index contributed by atoms with van der Waals surface area (Å²) in [6, 6.07) is 19.0.